The molecule has 0 bridgehead atoms. The molecule has 1 aliphatic rings. The molecular weight excluding hydrogens is 168 g/mol. The van der Waals surface area contributed by atoms with E-state index < -0.39 is 0 Å². The molecule has 0 aliphatic carbocycles. The minimum absolute atomic E-state index is 0.141. The summed E-state index contributed by atoms with van der Waals surface area (Å²) in [7, 11) is 0. The summed E-state index contributed by atoms with van der Waals surface area (Å²) in [6.45, 7) is 6.31. The maximum atomic E-state index is 10.8. The van der Waals surface area contributed by atoms with Gasteiger partial charge in [-0.1, -0.05) is 0 Å². The van der Waals surface area contributed by atoms with Gasteiger partial charge in [-0.25, -0.2) is 0 Å². The molecule has 2 N–H and O–H groups in total. The highest BCUT2D eigenvalue weighted by molar-refractivity contribution is 5.78. The van der Waals surface area contributed by atoms with Crippen molar-refractivity contribution in [1.82, 2.24) is 10.6 Å². The molecule has 1 fully saturated rings. The maximum Gasteiger partial charge on any atom is 0.221 e. The van der Waals surface area contributed by atoms with Crippen molar-refractivity contribution >= 4 is 5.91 Å². The van der Waals surface area contributed by atoms with Crippen molar-refractivity contribution in [2.45, 2.75) is 32.4 Å². The molecule has 1 saturated heterocycles. The summed E-state index contributed by atoms with van der Waals surface area (Å²) in [5.41, 5.74) is 0. The molecule has 1 heterocycles. The highest BCUT2D eigenvalue weighted by atomic mass is 16.5. The number of amides is 1. The molecular formula is C9H18N2O2. The molecule has 0 aromatic rings. The number of rotatable bonds is 5. The molecule has 0 aromatic heterocycles. The summed E-state index contributed by atoms with van der Waals surface area (Å²) in [5.74, 6) is 0.141. The second-order valence-electron chi connectivity index (χ2n) is 3.58. The molecule has 76 valence electrons. The molecule has 4 nitrogen and oxygen atoms in total. The molecule has 0 radical (unpaired) electrons. The third kappa shape index (κ3) is 4.24. The number of carbonyl (C=O) groups is 1. The van der Waals surface area contributed by atoms with Crippen molar-refractivity contribution in [1.29, 1.82) is 0 Å². The largest absolute Gasteiger partial charge is 0.377 e. The van der Waals surface area contributed by atoms with E-state index in [4.69, 9.17) is 4.74 Å². The van der Waals surface area contributed by atoms with Crippen molar-refractivity contribution in [3.05, 3.63) is 0 Å². The van der Waals surface area contributed by atoms with Gasteiger partial charge in [0.05, 0.1) is 12.7 Å². The van der Waals surface area contributed by atoms with Crippen LogP contribution in [-0.4, -0.2) is 37.7 Å². The lowest BCUT2D eigenvalue weighted by molar-refractivity contribution is -0.119. The Morgan fingerprint density at radius 3 is 3.00 bits per heavy atom. The zero-order valence-electron chi connectivity index (χ0n) is 8.30. The summed E-state index contributed by atoms with van der Waals surface area (Å²) in [5, 5.41) is 6.04. The lowest BCUT2D eigenvalue weighted by Crippen LogP contribution is -2.33. The summed E-state index contributed by atoms with van der Waals surface area (Å²) < 4.78 is 5.36. The standard InChI is InChI=1S/C9H18N2O2/c1-7(2)13-4-3-10-8-5-9(12)11-6-8/h7-8,10H,3-6H2,1-2H3,(H,11,12). The van der Waals surface area contributed by atoms with Crippen molar-refractivity contribution in [2.75, 3.05) is 19.7 Å². The van der Waals surface area contributed by atoms with Crippen LogP contribution in [-0.2, 0) is 9.53 Å². The van der Waals surface area contributed by atoms with Crippen LogP contribution in [0.2, 0.25) is 0 Å². The van der Waals surface area contributed by atoms with Gasteiger partial charge >= 0.3 is 0 Å². The third-order valence-corrected chi connectivity index (χ3v) is 1.96. The second-order valence-corrected chi connectivity index (χ2v) is 3.58. The van der Waals surface area contributed by atoms with Gasteiger partial charge in [0.1, 0.15) is 0 Å². The number of hydrogen-bond donors (Lipinski definition) is 2. The quantitative estimate of drug-likeness (QED) is 0.589. The van der Waals surface area contributed by atoms with Crippen LogP contribution < -0.4 is 10.6 Å². The Morgan fingerprint density at radius 2 is 2.46 bits per heavy atom. The maximum absolute atomic E-state index is 10.8. The first-order valence-electron chi connectivity index (χ1n) is 4.80. The van der Waals surface area contributed by atoms with E-state index in [1.54, 1.807) is 0 Å². The van der Waals surface area contributed by atoms with Crippen molar-refractivity contribution < 1.29 is 9.53 Å². The van der Waals surface area contributed by atoms with Crippen molar-refractivity contribution in [2.24, 2.45) is 0 Å². The molecule has 1 aliphatic heterocycles. The Labute approximate surface area is 79.0 Å². The predicted octanol–water partition coefficient (Wildman–Crippen LogP) is -0.110. The van der Waals surface area contributed by atoms with E-state index in [0.717, 1.165) is 13.1 Å². The highest BCUT2D eigenvalue weighted by Crippen LogP contribution is 1.98. The van der Waals surface area contributed by atoms with E-state index in [0.29, 0.717) is 19.1 Å². The minimum atomic E-state index is 0.141. The summed E-state index contributed by atoms with van der Waals surface area (Å²) >= 11 is 0. The first-order chi connectivity index (χ1) is 6.18. The Hall–Kier alpha value is -0.610. The van der Waals surface area contributed by atoms with E-state index in [9.17, 15) is 4.79 Å². The lowest BCUT2D eigenvalue weighted by atomic mass is 10.2. The zero-order valence-corrected chi connectivity index (χ0v) is 8.30. The molecule has 0 saturated carbocycles. The van der Waals surface area contributed by atoms with E-state index in [1.807, 2.05) is 13.8 Å². The molecule has 13 heavy (non-hydrogen) atoms. The molecule has 0 aromatic carbocycles. The van der Waals surface area contributed by atoms with Crippen LogP contribution in [0, 0.1) is 0 Å². The number of nitrogens with one attached hydrogen (secondary N) is 2. The van der Waals surface area contributed by atoms with Gasteiger partial charge in [0, 0.05) is 25.6 Å². The predicted molar refractivity (Wildman–Crippen MR) is 50.5 cm³/mol. The van der Waals surface area contributed by atoms with Gasteiger partial charge in [0.15, 0.2) is 0 Å². The molecule has 1 rings (SSSR count). The van der Waals surface area contributed by atoms with Crippen LogP contribution in [0.25, 0.3) is 0 Å². The first-order valence-corrected chi connectivity index (χ1v) is 4.80. The van der Waals surface area contributed by atoms with Crippen LogP contribution in [0.15, 0.2) is 0 Å². The summed E-state index contributed by atoms with van der Waals surface area (Å²) in [6, 6.07) is 0.295. The molecule has 1 unspecified atom stereocenters. The van der Waals surface area contributed by atoms with Crippen molar-refractivity contribution in [3.8, 4) is 0 Å². The van der Waals surface area contributed by atoms with Gasteiger partial charge < -0.3 is 15.4 Å². The number of hydrogen-bond acceptors (Lipinski definition) is 3. The topological polar surface area (TPSA) is 50.4 Å². The highest BCUT2D eigenvalue weighted by Gasteiger charge is 2.19. The molecule has 4 heteroatoms. The second kappa shape index (κ2) is 5.19. The van der Waals surface area contributed by atoms with Crippen LogP contribution in [0.1, 0.15) is 20.3 Å². The van der Waals surface area contributed by atoms with Gasteiger partial charge in [-0.3, -0.25) is 4.79 Å². The summed E-state index contributed by atoms with van der Waals surface area (Å²) in [6.07, 6.45) is 0.881. The average molecular weight is 186 g/mol. The van der Waals surface area contributed by atoms with Crippen LogP contribution in [0.4, 0.5) is 0 Å². The smallest absolute Gasteiger partial charge is 0.221 e. The fourth-order valence-corrected chi connectivity index (χ4v) is 1.31. The minimum Gasteiger partial charge on any atom is -0.377 e. The Morgan fingerprint density at radius 1 is 1.69 bits per heavy atom. The van der Waals surface area contributed by atoms with Gasteiger partial charge in [-0.2, -0.15) is 0 Å². The first kappa shape index (κ1) is 10.5. The van der Waals surface area contributed by atoms with Gasteiger partial charge in [0.2, 0.25) is 5.91 Å². The fourth-order valence-electron chi connectivity index (χ4n) is 1.31. The normalized spacial score (nSPS) is 22.4. The average Bonchev–Trinajstić information content (AvgIpc) is 2.45. The molecule has 0 spiro atoms. The van der Waals surface area contributed by atoms with E-state index in [2.05, 4.69) is 10.6 Å². The number of carbonyl (C=O) groups excluding carboxylic acids is 1. The lowest BCUT2D eigenvalue weighted by Gasteiger charge is -2.11. The molecule has 1 amide bonds. The van der Waals surface area contributed by atoms with E-state index >= 15 is 0 Å². The van der Waals surface area contributed by atoms with E-state index in [-0.39, 0.29) is 12.0 Å². The summed E-state index contributed by atoms with van der Waals surface area (Å²) in [4.78, 5) is 10.8. The molecule has 1 atom stereocenters. The van der Waals surface area contributed by atoms with E-state index in [1.165, 1.54) is 0 Å². The van der Waals surface area contributed by atoms with Crippen molar-refractivity contribution in [3.63, 3.8) is 0 Å². The van der Waals surface area contributed by atoms with Crippen LogP contribution in [0.5, 0.6) is 0 Å². The fraction of sp³-hybridized carbons (Fsp3) is 0.889. The Bertz CT molecular complexity index is 171. The number of ether oxygens (including phenoxy) is 1. The van der Waals surface area contributed by atoms with Gasteiger partial charge in [-0.05, 0) is 13.8 Å². The zero-order chi connectivity index (χ0) is 9.68. The monoisotopic (exact) mass is 186 g/mol. The van der Waals surface area contributed by atoms with Gasteiger partial charge in [0.25, 0.3) is 0 Å². The third-order valence-electron chi connectivity index (χ3n) is 1.96. The Balaban J connectivity index is 1.97. The van der Waals surface area contributed by atoms with Crippen LogP contribution >= 0.6 is 0 Å². The SMILES string of the molecule is CC(C)OCCNC1CNC(=O)C1. The Kier molecular flexibility index (Phi) is 4.18. The van der Waals surface area contributed by atoms with Gasteiger partial charge in [-0.15, -0.1) is 0 Å². The van der Waals surface area contributed by atoms with Crippen LogP contribution in [0.3, 0.4) is 0 Å².